The van der Waals surface area contributed by atoms with Gasteiger partial charge in [-0.2, -0.15) is 13.2 Å². The Hall–Kier alpha value is -3.69. The molecular weight excluding hydrogens is 427 g/mol. The zero-order valence-corrected chi connectivity index (χ0v) is 16.9. The van der Waals surface area contributed by atoms with Crippen LogP contribution in [0.2, 0.25) is 0 Å². The van der Waals surface area contributed by atoms with Gasteiger partial charge in [0.05, 0.1) is 17.5 Å². The largest absolute Gasteiger partial charge is 0.405 e. The van der Waals surface area contributed by atoms with Crippen LogP contribution in [0.3, 0.4) is 0 Å². The third-order valence-corrected chi connectivity index (χ3v) is 4.75. The molecule has 10 heteroatoms. The summed E-state index contributed by atoms with van der Waals surface area (Å²) in [5, 5.41) is 4.45. The Bertz CT molecular complexity index is 1000. The maximum atomic E-state index is 12.3. The lowest BCUT2D eigenvalue weighted by Crippen LogP contribution is -2.34. The van der Waals surface area contributed by atoms with Crippen LogP contribution in [0.15, 0.2) is 48.5 Å². The molecule has 0 saturated heterocycles. The molecular formula is C22H20F3N3O4. The van der Waals surface area contributed by atoms with Crippen LogP contribution in [0.4, 0.5) is 18.9 Å². The predicted octanol–water partition coefficient (Wildman–Crippen LogP) is 2.92. The van der Waals surface area contributed by atoms with Crippen molar-refractivity contribution >= 4 is 29.3 Å². The van der Waals surface area contributed by atoms with E-state index in [4.69, 9.17) is 0 Å². The molecule has 2 aromatic rings. The number of carbonyl (C=O) groups excluding carboxylic acids is 4. The van der Waals surface area contributed by atoms with E-state index in [9.17, 15) is 32.3 Å². The Kier molecular flexibility index (Phi) is 6.92. The number of alkyl halides is 3. The van der Waals surface area contributed by atoms with E-state index in [1.165, 1.54) is 24.3 Å². The van der Waals surface area contributed by atoms with Crippen molar-refractivity contribution in [3.05, 3.63) is 65.2 Å². The number of hydrogen-bond acceptors (Lipinski definition) is 4. The van der Waals surface area contributed by atoms with Crippen LogP contribution in [0.25, 0.3) is 0 Å². The number of halogens is 3. The van der Waals surface area contributed by atoms with Crippen LogP contribution in [-0.4, -0.2) is 47.8 Å². The first kappa shape index (κ1) is 23.0. The number of fused-ring (bicyclic) bond motifs is 1. The van der Waals surface area contributed by atoms with Gasteiger partial charge in [0.15, 0.2) is 0 Å². The summed E-state index contributed by atoms with van der Waals surface area (Å²) in [4.78, 5) is 49.4. The summed E-state index contributed by atoms with van der Waals surface area (Å²) in [6, 6.07) is 12.7. The Balaban J connectivity index is 1.42. The number of carbonyl (C=O) groups is 4. The van der Waals surface area contributed by atoms with E-state index in [1.807, 2.05) is 0 Å². The van der Waals surface area contributed by atoms with Crippen molar-refractivity contribution in [1.29, 1.82) is 0 Å². The van der Waals surface area contributed by atoms with Crippen LogP contribution in [0.1, 0.15) is 39.1 Å². The van der Waals surface area contributed by atoms with Gasteiger partial charge < -0.3 is 10.6 Å². The van der Waals surface area contributed by atoms with E-state index in [1.54, 1.807) is 29.6 Å². The molecule has 1 aliphatic rings. The minimum atomic E-state index is -4.47. The topological polar surface area (TPSA) is 95.6 Å². The predicted molar refractivity (Wildman–Crippen MR) is 109 cm³/mol. The first-order chi connectivity index (χ1) is 15.1. The molecule has 0 atom stereocenters. The molecule has 2 N–H and O–H groups in total. The minimum Gasteiger partial charge on any atom is -0.347 e. The zero-order valence-electron chi connectivity index (χ0n) is 16.9. The molecule has 168 valence electrons. The second kappa shape index (κ2) is 9.63. The summed E-state index contributed by atoms with van der Waals surface area (Å²) in [6.45, 7) is -1.27. The van der Waals surface area contributed by atoms with Crippen molar-refractivity contribution in [3.8, 4) is 0 Å². The monoisotopic (exact) mass is 447 g/mol. The van der Waals surface area contributed by atoms with Gasteiger partial charge >= 0.3 is 6.18 Å². The van der Waals surface area contributed by atoms with Gasteiger partial charge in [0.1, 0.15) is 6.54 Å². The summed E-state index contributed by atoms with van der Waals surface area (Å²) in [5.41, 5.74) is 1.66. The van der Waals surface area contributed by atoms with Gasteiger partial charge in [-0.25, -0.2) is 0 Å². The highest BCUT2D eigenvalue weighted by atomic mass is 19.4. The molecule has 1 heterocycles. The smallest absolute Gasteiger partial charge is 0.347 e. The number of imide groups is 1. The van der Waals surface area contributed by atoms with Crippen LogP contribution < -0.4 is 10.6 Å². The maximum absolute atomic E-state index is 12.3. The Morgan fingerprint density at radius 1 is 0.875 bits per heavy atom. The quantitative estimate of drug-likeness (QED) is 0.609. The van der Waals surface area contributed by atoms with Crippen molar-refractivity contribution in [2.24, 2.45) is 0 Å². The van der Waals surface area contributed by atoms with Crippen LogP contribution >= 0.6 is 0 Å². The van der Waals surface area contributed by atoms with E-state index in [2.05, 4.69) is 5.32 Å². The van der Waals surface area contributed by atoms with Gasteiger partial charge in [-0.15, -0.1) is 0 Å². The van der Waals surface area contributed by atoms with Crippen LogP contribution in [-0.2, 0) is 16.0 Å². The van der Waals surface area contributed by atoms with E-state index in [0.29, 0.717) is 22.4 Å². The molecule has 1 aliphatic heterocycles. The third kappa shape index (κ3) is 5.93. The number of hydrogen-bond donors (Lipinski definition) is 2. The van der Waals surface area contributed by atoms with E-state index in [-0.39, 0.29) is 43.5 Å². The molecule has 0 unspecified atom stereocenters. The Labute approximate surface area is 181 Å². The fraction of sp³-hybridized carbons (Fsp3) is 0.273. The summed E-state index contributed by atoms with van der Waals surface area (Å²) >= 11 is 0. The number of nitrogens with one attached hydrogen (secondary N) is 2. The lowest BCUT2D eigenvalue weighted by Gasteiger charge is -2.13. The number of amides is 4. The highest BCUT2D eigenvalue weighted by molar-refractivity contribution is 6.21. The van der Waals surface area contributed by atoms with Gasteiger partial charge in [-0.05, 0) is 36.2 Å². The van der Waals surface area contributed by atoms with E-state index >= 15 is 0 Å². The van der Waals surface area contributed by atoms with Crippen molar-refractivity contribution in [3.63, 3.8) is 0 Å². The fourth-order valence-electron chi connectivity index (χ4n) is 3.22. The summed E-state index contributed by atoms with van der Waals surface area (Å²) in [5.74, 6) is -1.83. The fourth-order valence-corrected chi connectivity index (χ4v) is 3.22. The SMILES string of the molecule is O=C(Cc1ccc(NC(=O)CCCN2C(=O)c3ccccc3C2=O)cc1)NCC(F)(F)F. The molecule has 0 bridgehead atoms. The highest BCUT2D eigenvalue weighted by Gasteiger charge is 2.34. The van der Waals surface area contributed by atoms with Gasteiger partial charge in [0.2, 0.25) is 11.8 Å². The van der Waals surface area contributed by atoms with Crippen molar-refractivity contribution in [2.45, 2.75) is 25.4 Å². The normalized spacial score (nSPS) is 13.2. The molecule has 7 nitrogen and oxygen atoms in total. The second-order valence-electron chi connectivity index (χ2n) is 7.22. The number of rotatable bonds is 8. The first-order valence-electron chi connectivity index (χ1n) is 9.81. The zero-order chi connectivity index (χ0) is 23.3. The minimum absolute atomic E-state index is 0.0784. The summed E-state index contributed by atoms with van der Waals surface area (Å²) in [6.07, 6.45) is -4.32. The maximum Gasteiger partial charge on any atom is 0.405 e. The first-order valence-corrected chi connectivity index (χ1v) is 9.81. The third-order valence-electron chi connectivity index (χ3n) is 4.75. The summed E-state index contributed by atoms with van der Waals surface area (Å²) in [7, 11) is 0. The van der Waals surface area contributed by atoms with Crippen LogP contribution in [0.5, 0.6) is 0 Å². The molecule has 4 amide bonds. The van der Waals surface area contributed by atoms with Crippen molar-refractivity contribution < 1.29 is 32.3 Å². The molecule has 3 rings (SSSR count). The molecule has 32 heavy (non-hydrogen) atoms. The highest BCUT2D eigenvalue weighted by Crippen LogP contribution is 2.22. The van der Waals surface area contributed by atoms with E-state index < -0.39 is 18.6 Å². The van der Waals surface area contributed by atoms with Gasteiger partial charge in [-0.3, -0.25) is 24.1 Å². The standard InChI is InChI=1S/C22H20F3N3O4/c23-22(24,25)13-26-19(30)12-14-7-9-15(10-8-14)27-18(29)6-3-11-28-20(31)16-4-1-2-5-17(16)21(28)32/h1-2,4-5,7-10H,3,6,11-13H2,(H,26,30)(H,27,29). The Morgan fingerprint density at radius 2 is 1.47 bits per heavy atom. The molecule has 0 fully saturated rings. The van der Waals surface area contributed by atoms with Crippen molar-refractivity contribution in [2.75, 3.05) is 18.4 Å². The Morgan fingerprint density at radius 3 is 2.03 bits per heavy atom. The van der Waals surface area contributed by atoms with E-state index in [0.717, 1.165) is 4.90 Å². The number of anilines is 1. The average molecular weight is 447 g/mol. The molecule has 2 aromatic carbocycles. The van der Waals surface area contributed by atoms with Crippen LogP contribution in [0, 0.1) is 0 Å². The van der Waals surface area contributed by atoms with Gasteiger partial charge in [0, 0.05) is 18.7 Å². The average Bonchev–Trinajstić information content (AvgIpc) is 2.98. The molecule has 0 aliphatic carbocycles. The van der Waals surface area contributed by atoms with Crippen molar-refractivity contribution in [1.82, 2.24) is 10.2 Å². The second-order valence-corrected chi connectivity index (χ2v) is 7.22. The molecule has 0 saturated carbocycles. The number of benzene rings is 2. The molecule has 0 aromatic heterocycles. The lowest BCUT2D eigenvalue weighted by molar-refractivity contribution is -0.138. The molecule has 0 spiro atoms. The van der Waals surface area contributed by atoms with Gasteiger partial charge in [-0.1, -0.05) is 24.3 Å². The summed E-state index contributed by atoms with van der Waals surface area (Å²) < 4.78 is 36.3. The molecule has 0 radical (unpaired) electrons. The number of nitrogens with zero attached hydrogens (tertiary/aromatic N) is 1. The lowest BCUT2D eigenvalue weighted by atomic mass is 10.1. The van der Waals surface area contributed by atoms with Gasteiger partial charge in [0.25, 0.3) is 11.8 Å².